The summed E-state index contributed by atoms with van der Waals surface area (Å²) < 4.78 is 5.07. The number of methoxy groups -OCH3 is 1. The maximum absolute atomic E-state index is 12.0. The van der Waals surface area contributed by atoms with Crippen LogP contribution in [0.5, 0.6) is 0 Å². The monoisotopic (exact) mass is 263 g/mol. The first kappa shape index (κ1) is 14.0. The van der Waals surface area contributed by atoms with Gasteiger partial charge in [0.2, 0.25) is 0 Å². The first-order valence-corrected chi connectivity index (χ1v) is 6.73. The van der Waals surface area contributed by atoms with Crippen molar-refractivity contribution >= 4 is 5.91 Å². The molecule has 0 spiro atoms. The number of rotatable bonds is 5. The molecule has 5 nitrogen and oxygen atoms in total. The van der Waals surface area contributed by atoms with Gasteiger partial charge >= 0.3 is 0 Å². The molecule has 0 unspecified atom stereocenters. The number of likely N-dealkylation sites (tertiary alicyclic amines) is 1. The first-order chi connectivity index (χ1) is 9.29. The van der Waals surface area contributed by atoms with E-state index in [0.717, 1.165) is 39.1 Å². The van der Waals surface area contributed by atoms with Crippen LogP contribution in [-0.4, -0.2) is 55.2 Å². The zero-order valence-corrected chi connectivity index (χ0v) is 11.3. The van der Waals surface area contributed by atoms with Crippen LogP contribution < -0.4 is 5.32 Å². The van der Waals surface area contributed by atoms with Crippen LogP contribution in [0.4, 0.5) is 0 Å². The molecule has 1 saturated heterocycles. The van der Waals surface area contributed by atoms with Crippen molar-refractivity contribution in [3.63, 3.8) is 0 Å². The molecule has 104 valence electrons. The molecule has 0 radical (unpaired) electrons. The second kappa shape index (κ2) is 7.21. The van der Waals surface area contributed by atoms with Gasteiger partial charge in [-0.3, -0.25) is 9.78 Å². The Morgan fingerprint density at radius 1 is 1.47 bits per heavy atom. The Morgan fingerprint density at radius 3 is 2.89 bits per heavy atom. The number of nitrogens with zero attached hydrogens (tertiary/aromatic N) is 2. The van der Waals surface area contributed by atoms with E-state index in [1.165, 1.54) is 0 Å². The van der Waals surface area contributed by atoms with Crippen LogP contribution >= 0.6 is 0 Å². The zero-order chi connectivity index (χ0) is 13.5. The molecule has 1 aliphatic heterocycles. The predicted octanol–water partition coefficient (Wildman–Crippen LogP) is 0.922. The Hall–Kier alpha value is -1.46. The molecule has 0 bridgehead atoms. The average Bonchev–Trinajstić information content (AvgIpc) is 2.47. The lowest BCUT2D eigenvalue weighted by Gasteiger charge is -2.32. The minimum absolute atomic E-state index is 0.0732. The van der Waals surface area contributed by atoms with Crippen molar-refractivity contribution in [2.75, 3.05) is 33.4 Å². The smallest absolute Gasteiger partial charge is 0.270 e. The van der Waals surface area contributed by atoms with Gasteiger partial charge in [0, 0.05) is 39.0 Å². The molecule has 1 aliphatic rings. The third-order valence-corrected chi connectivity index (χ3v) is 3.43. The Kier molecular flexibility index (Phi) is 5.30. The van der Waals surface area contributed by atoms with Crippen LogP contribution in [0.2, 0.25) is 0 Å². The van der Waals surface area contributed by atoms with Crippen LogP contribution in [0, 0.1) is 0 Å². The summed E-state index contributed by atoms with van der Waals surface area (Å²) in [6.45, 7) is 3.76. The van der Waals surface area contributed by atoms with E-state index in [-0.39, 0.29) is 11.9 Å². The number of piperidine rings is 1. The number of carbonyl (C=O) groups excluding carboxylic acids is 1. The molecule has 0 saturated carbocycles. The summed E-state index contributed by atoms with van der Waals surface area (Å²) in [6, 6.07) is 5.64. The van der Waals surface area contributed by atoms with Crippen LogP contribution in [-0.2, 0) is 4.74 Å². The molecule has 5 heteroatoms. The van der Waals surface area contributed by atoms with E-state index >= 15 is 0 Å². The second-order valence-electron chi connectivity index (χ2n) is 4.80. The largest absolute Gasteiger partial charge is 0.383 e. The molecule has 19 heavy (non-hydrogen) atoms. The molecule has 2 heterocycles. The summed E-state index contributed by atoms with van der Waals surface area (Å²) in [5, 5.41) is 3.05. The lowest BCUT2D eigenvalue weighted by molar-refractivity contribution is 0.0888. The Bertz CT molecular complexity index is 389. The van der Waals surface area contributed by atoms with Crippen LogP contribution in [0.15, 0.2) is 24.4 Å². The van der Waals surface area contributed by atoms with Crippen LogP contribution in [0.25, 0.3) is 0 Å². The number of aromatic nitrogens is 1. The highest BCUT2D eigenvalue weighted by Crippen LogP contribution is 2.10. The van der Waals surface area contributed by atoms with Gasteiger partial charge in [-0.1, -0.05) is 6.07 Å². The maximum atomic E-state index is 12.0. The fraction of sp³-hybridized carbons (Fsp3) is 0.571. The molecule has 1 aromatic heterocycles. The third kappa shape index (κ3) is 4.29. The third-order valence-electron chi connectivity index (χ3n) is 3.43. The number of pyridine rings is 1. The van der Waals surface area contributed by atoms with Gasteiger partial charge in [-0.15, -0.1) is 0 Å². The summed E-state index contributed by atoms with van der Waals surface area (Å²) in [5.41, 5.74) is 0.490. The quantitative estimate of drug-likeness (QED) is 0.858. The number of amides is 1. The average molecular weight is 263 g/mol. The molecule has 1 fully saturated rings. The van der Waals surface area contributed by atoms with Crippen molar-refractivity contribution in [3.05, 3.63) is 30.1 Å². The van der Waals surface area contributed by atoms with Gasteiger partial charge in [-0.2, -0.15) is 0 Å². The van der Waals surface area contributed by atoms with Crippen molar-refractivity contribution in [2.24, 2.45) is 0 Å². The van der Waals surface area contributed by atoms with Crippen LogP contribution in [0.1, 0.15) is 23.3 Å². The summed E-state index contributed by atoms with van der Waals surface area (Å²) in [5.74, 6) is -0.0732. The molecule has 1 aromatic rings. The van der Waals surface area contributed by atoms with E-state index in [9.17, 15) is 4.79 Å². The van der Waals surface area contributed by atoms with E-state index in [1.807, 2.05) is 12.1 Å². The Balaban J connectivity index is 1.75. The summed E-state index contributed by atoms with van der Waals surface area (Å²) in [4.78, 5) is 18.4. The Morgan fingerprint density at radius 2 is 2.26 bits per heavy atom. The Labute approximate surface area is 114 Å². The highest BCUT2D eigenvalue weighted by Gasteiger charge is 2.21. The van der Waals surface area contributed by atoms with E-state index < -0.39 is 0 Å². The van der Waals surface area contributed by atoms with Gasteiger partial charge in [0.1, 0.15) is 5.69 Å². The number of carbonyl (C=O) groups is 1. The maximum Gasteiger partial charge on any atom is 0.270 e. The first-order valence-electron chi connectivity index (χ1n) is 6.73. The van der Waals surface area contributed by atoms with E-state index in [1.54, 1.807) is 19.4 Å². The minimum Gasteiger partial charge on any atom is -0.383 e. The highest BCUT2D eigenvalue weighted by molar-refractivity contribution is 5.92. The van der Waals surface area contributed by atoms with Gasteiger partial charge in [-0.05, 0) is 25.0 Å². The van der Waals surface area contributed by atoms with Gasteiger partial charge in [0.05, 0.1) is 6.61 Å². The van der Waals surface area contributed by atoms with E-state index in [2.05, 4.69) is 15.2 Å². The van der Waals surface area contributed by atoms with Gasteiger partial charge in [0.25, 0.3) is 5.91 Å². The topological polar surface area (TPSA) is 54.5 Å². The fourth-order valence-corrected chi connectivity index (χ4v) is 2.28. The fourth-order valence-electron chi connectivity index (χ4n) is 2.28. The predicted molar refractivity (Wildman–Crippen MR) is 73.0 cm³/mol. The van der Waals surface area contributed by atoms with Gasteiger partial charge in [0.15, 0.2) is 0 Å². The molecular formula is C14H21N3O2. The van der Waals surface area contributed by atoms with Crippen molar-refractivity contribution in [3.8, 4) is 0 Å². The van der Waals surface area contributed by atoms with Crippen molar-refractivity contribution < 1.29 is 9.53 Å². The molecule has 0 aliphatic carbocycles. The van der Waals surface area contributed by atoms with Crippen LogP contribution in [0.3, 0.4) is 0 Å². The number of nitrogens with one attached hydrogen (secondary N) is 1. The number of hydrogen-bond acceptors (Lipinski definition) is 4. The summed E-state index contributed by atoms with van der Waals surface area (Å²) in [7, 11) is 1.72. The standard InChI is InChI=1S/C14H21N3O2/c1-19-11-10-17-8-5-12(6-9-17)16-14(18)13-4-2-3-7-15-13/h2-4,7,12H,5-6,8-11H2,1H3,(H,16,18). The van der Waals surface area contributed by atoms with Crippen molar-refractivity contribution in [2.45, 2.75) is 18.9 Å². The van der Waals surface area contributed by atoms with Gasteiger partial charge in [-0.25, -0.2) is 0 Å². The van der Waals surface area contributed by atoms with E-state index in [0.29, 0.717) is 5.69 Å². The van der Waals surface area contributed by atoms with Gasteiger partial charge < -0.3 is 15.0 Å². The summed E-state index contributed by atoms with van der Waals surface area (Å²) >= 11 is 0. The van der Waals surface area contributed by atoms with E-state index in [4.69, 9.17) is 4.74 Å². The second-order valence-corrected chi connectivity index (χ2v) is 4.80. The lowest BCUT2D eigenvalue weighted by atomic mass is 10.0. The zero-order valence-electron chi connectivity index (χ0n) is 11.3. The molecule has 1 amide bonds. The molecule has 0 aromatic carbocycles. The van der Waals surface area contributed by atoms with Crippen molar-refractivity contribution in [1.82, 2.24) is 15.2 Å². The SMILES string of the molecule is COCCN1CCC(NC(=O)c2ccccn2)CC1. The number of hydrogen-bond donors (Lipinski definition) is 1. The number of ether oxygens (including phenoxy) is 1. The normalized spacial score (nSPS) is 17.3. The molecule has 1 N–H and O–H groups in total. The molecule has 2 rings (SSSR count). The molecule has 0 atom stereocenters. The summed E-state index contributed by atoms with van der Waals surface area (Å²) in [6.07, 6.45) is 3.62. The highest BCUT2D eigenvalue weighted by atomic mass is 16.5. The van der Waals surface area contributed by atoms with Crippen molar-refractivity contribution in [1.29, 1.82) is 0 Å². The minimum atomic E-state index is -0.0732. The lowest BCUT2D eigenvalue weighted by Crippen LogP contribution is -2.45. The molecular weight excluding hydrogens is 242 g/mol.